The van der Waals surface area contributed by atoms with Crippen LogP contribution in [0, 0.1) is 5.92 Å². The average molecular weight is 211 g/mol. The third kappa shape index (κ3) is 2.78. The lowest BCUT2D eigenvalue weighted by Crippen LogP contribution is -2.09. The zero-order valence-corrected chi connectivity index (χ0v) is 9.32. The van der Waals surface area contributed by atoms with E-state index in [0.29, 0.717) is 11.6 Å². The first kappa shape index (κ1) is 11.7. The highest BCUT2D eigenvalue weighted by Crippen LogP contribution is 2.26. The summed E-state index contributed by atoms with van der Waals surface area (Å²) in [7, 11) is 0. The highest BCUT2D eigenvalue weighted by atomic mass is 16.4. The van der Waals surface area contributed by atoms with Crippen LogP contribution in [0.1, 0.15) is 55.7 Å². The molecule has 0 aliphatic rings. The molecule has 0 radical (unpaired) electrons. The number of hydrogen-bond acceptors (Lipinski definition) is 3. The highest BCUT2D eigenvalue weighted by Gasteiger charge is 2.22. The van der Waals surface area contributed by atoms with Crippen LogP contribution in [0.15, 0.2) is 0 Å². The van der Waals surface area contributed by atoms with Crippen molar-refractivity contribution in [3.63, 3.8) is 0 Å². The van der Waals surface area contributed by atoms with Gasteiger partial charge in [-0.2, -0.15) is 10.3 Å². The van der Waals surface area contributed by atoms with Gasteiger partial charge >= 0.3 is 5.97 Å². The summed E-state index contributed by atoms with van der Waals surface area (Å²) >= 11 is 0. The van der Waals surface area contributed by atoms with Gasteiger partial charge in [-0.3, -0.25) is 0 Å². The number of H-pyrrole nitrogens is 1. The fourth-order valence-electron chi connectivity index (χ4n) is 1.72. The fraction of sp³-hybridized carbons (Fsp3) is 0.700. The minimum absolute atomic E-state index is 0.0579. The number of rotatable bonds is 5. The molecule has 1 heterocycles. The van der Waals surface area contributed by atoms with Crippen molar-refractivity contribution in [2.24, 2.45) is 5.92 Å². The predicted octanol–water partition coefficient (Wildman–Crippen LogP) is 2.04. The minimum atomic E-state index is -1.01. The molecule has 0 bridgehead atoms. The standard InChI is InChI=1S/C10H17N3O2/c1-4-7(5-6(2)3)8-9(10(14)15)12-13-11-8/h6-7H,4-5H2,1-3H3,(H,14,15)(H,11,12,13). The Morgan fingerprint density at radius 2 is 2.13 bits per heavy atom. The molecule has 1 atom stereocenters. The third-order valence-electron chi connectivity index (χ3n) is 2.41. The van der Waals surface area contributed by atoms with Crippen molar-refractivity contribution in [3.05, 3.63) is 11.4 Å². The van der Waals surface area contributed by atoms with E-state index in [1.54, 1.807) is 0 Å². The van der Waals surface area contributed by atoms with Gasteiger partial charge in [0.1, 0.15) is 5.69 Å². The lowest BCUT2D eigenvalue weighted by atomic mass is 9.91. The fourth-order valence-corrected chi connectivity index (χ4v) is 1.72. The van der Waals surface area contributed by atoms with Crippen LogP contribution in [0.5, 0.6) is 0 Å². The molecule has 1 aromatic heterocycles. The molecule has 84 valence electrons. The highest BCUT2D eigenvalue weighted by molar-refractivity contribution is 5.86. The van der Waals surface area contributed by atoms with Crippen molar-refractivity contribution in [2.75, 3.05) is 0 Å². The lowest BCUT2D eigenvalue weighted by Gasteiger charge is -2.14. The van der Waals surface area contributed by atoms with Crippen LogP contribution in [-0.4, -0.2) is 26.5 Å². The second-order valence-electron chi connectivity index (χ2n) is 4.10. The topological polar surface area (TPSA) is 78.9 Å². The van der Waals surface area contributed by atoms with Gasteiger partial charge < -0.3 is 5.11 Å². The summed E-state index contributed by atoms with van der Waals surface area (Å²) in [6.07, 6.45) is 1.81. The number of hydrogen-bond donors (Lipinski definition) is 2. The first-order valence-corrected chi connectivity index (χ1v) is 5.20. The summed E-state index contributed by atoms with van der Waals surface area (Å²) in [4.78, 5) is 10.9. The summed E-state index contributed by atoms with van der Waals surface area (Å²) in [6.45, 7) is 6.26. The molecule has 0 saturated heterocycles. The van der Waals surface area contributed by atoms with Crippen LogP contribution < -0.4 is 0 Å². The van der Waals surface area contributed by atoms with Crippen LogP contribution in [0.2, 0.25) is 0 Å². The Bertz CT molecular complexity index is 333. The van der Waals surface area contributed by atoms with E-state index in [-0.39, 0.29) is 11.6 Å². The second kappa shape index (κ2) is 4.91. The Hall–Kier alpha value is -1.39. The molecule has 0 aliphatic heterocycles. The molecule has 0 aliphatic carbocycles. The monoisotopic (exact) mass is 211 g/mol. The normalized spacial score (nSPS) is 13.1. The molecule has 5 heteroatoms. The summed E-state index contributed by atoms with van der Waals surface area (Å²) in [6, 6.07) is 0. The SMILES string of the molecule is CCC(CC(C)C)c1n[nH]nc1C(=O)O. The van der Waals surface area contributed by atoms with Crippen molar-refractivity contribution in [3.8, 4) is 0 Å². The number of aromatic carboxylic acids is 1. The van der Waals surface area contributed by atoms with E-state index in [1.165, 1.54) is 0 Å². The van der Waals surface area contributed by atoms with Gasteiger partial charge in [0.2, 0.25) is 0 Å². The molecule has 0 amide bonds. The molecular formula is C10H17N3O2. The van der Waals surface area contributed by atoms with E-state index in [4.69, 9.17) is 5.11 Å². The largest absolute Gasteiger partial charge is 0.476 e. The molecule has 1 aromatic rings. The number of carboxylic acids is 1. The predicted molar refractivity (Wildman–Crippen MR) is 55.8 cm³/mol. The third-order valence-corrected chi connectivity index (χ3v) is 2.41. The van der Waals surface area contributed by atoms with Gasteiger partial charge in [-0.25, -0.2) is 4.79 Å². The summed E-state index contributed by atoms with van der Waals surface area (Å²) in [5.41, 5.74) is 0.640. The molecule has 15 heavy (non-hydrogen) atoms. The van der Waals surface area contributed by atoms with Gasteiger partial charge in [-0.15, -0.1) is 5.10 Å². The van der Waals surface area contributed by atoms with Crippen LogP contribution in [0.4, 0.5) is 0 Å². The van der Waals surface area contributed by atoms with Crippen molar-refractivity contribution in [2.45, 2.75) is 39.5 Å². The smallest absolute Gasteiger partial charge is 0.358 e. The Kier molecular flexibility index (Phi) is 3.82. The second-order valence-corrected chi connectivity index (χ2v) is 4.10. The van der Waals surface area contributed by atoms with Crippen molar-refractivity contribution < 1.29 is 9.90 Å². The Labute approximate surface area is 88.9 Å². The van der Waals surface area contributed by atoms with Gasteiger partial charge in [0.15, 0.2) is 5.69 Å². The summed E-state index contributed by atoms with van der Waals surface area (Å²) in [5, 5.41) is 18.9. The molecule has 1 rings (SSSR count). The van der Waals surface area contributed by atoms with Crippen molar-refractivity contribution in [1.29, 1.82) is 0 Å². The molecule has 0 saturated carbocycles. The molecule has 5 nitrogen and oxygen atoms in total. The Morgan fingerprint density at radius 1 is 1.47 bits per heavy atom. The van der Waals surface area contributed by atoms with E-state index in [1.807, 2.05) is 6.92 Å². The maximum Gasteiger partial charge on any atom is 0.358 e. The zero-order chi connectivity index (χ0) is 11.4. The van der Waals surface area contributed by atoms with Gasteiger partial charge in [0.05, 0.1) is 0 Å². The van der Waals surface area contributed by atoms with E-state index in [2.05, 4.69) is 29.3 Å². The van der Waals surface area contributed by atoms with Gasteiger partial charge in [-0.1, -0.05) is 20.8 Å². The van der Waals surface area contributed by atoms with Crippen LogP contribution in [0.25, 0.3) is 0 Å². The molecule has 0 spiro atoms. The molecular weight excluding hydrogens is 194 g/mol. The van der Waals surface area contributed by atoms with E-state index in [9.17, 15) is 4.79 Å². The van der Waals surface area contributed by atoms with E-state index < -0.39 is 5.97 Å². The minimum Gasteiger partial charge on any atom is -0.476 e. The first-order chi connectivity index (χ1) is 7.06. The van der Waals surface area contributed by atoms with Crippen molar-refractivity contribution >= 4 is 5.97 Å². The number of carbonyl (C=O) groups is 1. The zero-order valence-electron chi connectivity index (χ0n) is 9.32. The molecule has 1 unspecified atom stereocenters. The summed E-state index contributed by atoms with van der Waals surface area (Å²) < 4.78 is 0. The quantitative estimate of drug-likeness (QED) is 0.781. The number of nitrogens with one attached hydrogen (secondary N) is 1. The number of carboxylic acid groups (broad SMARTS) is 1. The van der Waals surface area contributed by atoms with Crippen molar-refractivity contribution in [1.82, 2.24) is 15.4 Å². The molecule has 0 fully saturated rings. The first-order valence-electron chi connectivity index (χ1n) is 5.20. The molecule has 0 aromatic carbocycles. The maximum atomic E-state index is 10.9. The lowest BCUT2D eigenvalue weighted by molar-refractivity contribution is 0.0688. The van der Waals surface area contributed by atoms with Gasteiger partial charge in [-0.05, 0) is 18.8 Å². The van der Waals surface area contributed by atoms with Crippen LogP contribution in [0.3, 0.4) is 0 Å². The van der Waals surface area contributed by atoms with Crippen LogP contribution >= 0.6 is 0 Å². The van der Waals surface area contributed by atoms with E-state index in [0.717, 1.165) is 12.8 Å². The summed E-state index contributed by atoms with van der Waals surface area (Å²) in [5.74, 6) is -0.316. The number of aromatic nitrogens is 3. The number of nitrogens with zero attached hydrogens (tertiary/aromatic N) is 2. The van der Waals surface area contributed by atoms with Crippen LogP contribution in [-0.2, 0) is 0 Å². The maximum absolute atomic E-state index is 10.9. The Morgan fingerprint density at radius 3 is 2.60 bits per heavy atom. The van der Waals surface area contributed by atoms with Gasteiger partial charge in [0, 0.05) is 5.92 Å². The van der Waals surface area contributed by atoms with Gasteiger partial charge in [0.25, 0.3) is 0 Å². The van der Waals surface area contributed by atoms with E-state index >= 15 is 0 Å². The molecule has 2 N–H and O–H groups in total. The Balaban J connectivity index is 2.91. The average Bonchev–Trinajstić information content (AvgIpc) is 2.62. The number of aromatic amines is 1.